The minimum absolute atomic E-state index is 0.465. The van der Waals surface area contributed by atoms with Crippen LogP contribution in [-0.4, -0.2) is 11.7 Å². The quantitative estimate of drug-likeness (QED) is 0.754. The van der Waals surface area contributed by atoms with E-state index in [1.165, 1.54) is 0 Å². The van der Waals surface area contributed by atoms with E-state index in [0.29, 0.717) is 18.0 Å². The van der Waals surface area contributed by atoms with E-state index in [2.05, 4.69) is 0 Å². The molecule has 1 unspecified atom stereocenters. The van der Waals surface area contributed by atoms with E-state index in [-0.39, 0.29) is 0 Å². The normalized spacial score (nSPS) is 12.9. The van der Waals surface area contributed by atoms with Crippen LogP contribution in [0, 0.1) is 0 Å². The van der Waals surface area contributed by atoms with Crippen LogP contribution in [0.2, 0.25) is 5.02 Å². The van der Waals surface area contributed by atoms with Crippen molar-refractivity contribution in [2.45, 2.75) is 12.5 Å². The van der Waals surface area contributed by atoms with Crippen LogP contribution in [0.3, 0.4) is 0 Å². The molecule has 0 saturated carbocycles. The third-order valence-corrected chi connectivity index (χ3v) is 2.05. The predicted octanol–water partition coefficient (Wildman–Crippen LogP) is 1.72. The molecule has 1 aromatic rings. The number of hydrogen-bond donors (Lipinski definition) is 2. The summed E-state index contributed by atoms with van der Waals surface area (Å²) in [5, 5.41) is 10.1. The van der Waals surface area contributed by atoms with Crippen LogP contribution in [0.25, 0.3) is 0 Å². The van der Waals surface area contributed by atoms with Crippen molar-refractivity contribution in [1.82, 2.24) is 0 Å². The van der Waals surface area contributed by atoms with E-state index in [0.717, 1.165) is 5.56 Å². The van der Waals surface area contributed by atoms with Crippen LogP contribution in [0.15, 0.2) is 24.3 Å². The summed E-state index contributed by atoms with van der Waals surface area (Å²) in [5.74, 6) is 0. The van der Waals surface area contributed by atoms with Gasteiger partial charge in [0.15, 0.2) is 0 Å². The van der Waals surface area contributed by atoms with Gasteiger partial charge in [0.25, 0.3) is 0 Å². The van der Waals surface area contributed by atoms with Crippen molar-refractivity contribution in [3.8, 4) is 0 Å². The molecular weight excluding hydrogens is 174 g/mol. The molecule has 0 spiro atoms. The van der Waals surface area contributed by atoms with Gasteiger partial charge in [0.1, 0.15) is 0 Å². The zero-order chi connectivity index (χ0) is 8.97. The maximum absolute atomic E-state index is 9.54. The second-order valence-corrected chi connectivity index (χ2v) is 3.02. The monoisotopic (exact) mass is 185 g/mol. The molecule has 1 rings (SSSR count). The van der Waals surface area contributed by atoms with Crippen molar-refractivity contribution >= 4 is 11.6 Å². The summed E-state index contributed by atoms with van der Waals surface area (Å²) in [5.41, 5.74) is 6.07. The van der Waals surface area contributed by atoms with Gasteiger partial charge < -0.3 is 10.8 Å². The minimum atomic E-state index is -0.538. The molecule has 0 saturated heterocycles. The molecule has 0 aliphatic rings. The molecule has 0 bridgehead atoms. The molecule has 2 nitrogen and oxygen atoms in total. The Kier molecular flexibility index (Phi) is 3.53. The van der Waals surface area contributed by atoms with E-state index < -0.39 is 6.10 Å². The molecule has 66 valence electrons. The van der Waals surface area contributed by atoms with Crippen LogP contribution in [0.5, 0.6) is 0 Å². The lowest BCUT2D eigenvalue weighted by atomic mass is 10.1. The third-order valence-electron chi connectivity index (χ3n) is 1.70. The van der Waals surface area contributed by atoms with Gasteiger partial charge in [-0.05, 0) is 24.6 Å². The van der Waals surface area contributed by atoms with Crippen LogP contribution in [-0.2, 0) is 0 Å². The molecule has 12 heavy (non-hydrogen) atoms. The van der Waals surface area contributed by atoms with Gasteiger partial charge in [-0.25, -0.2) is 0 Å². The van der Waals surface area contributed by atoms with Crippen molar-refractivity contribution < 1.29 is 5.11 Å². The molecule has 3 heteroatoms. The summed E-state index contributed by atoms with van der Waals surface area (Å²) in [6, 6.07) is 7.25. The van der Waals surface area contributed by atoms with Gasteiger partial charge in [-0.3, -0.25) is 0 Å². The highest BCUT2D eigenvalue weighted by molar-refractivity contribution is 6.31. The first-order valence-electron chi connectivity index (χ1n) is 3.88. The van der Waals surface area contributed by atoms with Crippen LogP contribution >= 0.6 is 11.6 Å². The molecule has 1 aromatic carbocycles. The van der Waals surface area contributed by atoms with E-state index >= 15 is 0 Å². The molecule has 0 radical (unpaired) electrons. The highest BCUT2D eigenvalue weighted by Crippen LogP contribution is 2.23. The average molecular weight is 186 g/mol. The highest BCUT2D eigenvalue weighted by atomic mass is 35.5. The fourth-order valence-corrected chi connectivity index (χ4v) is 1.32. The molecule has 0 heterocycles. The fourth-order valence-electron chi connectivity index (χ4n) is 1.06. The Balaban J connectivity index is 2.79. The van der Waals surface area contributed by atoms with Crippen molar-refractivity contribution in [2.75, 3.05) is 6.54 Å². The largest absolute Gasteiger partial charge is 0.388 e. The summed E-state index contributed by atoms with van der Waals surface area (Å²) >= 11 is 5.85. The van der Waals surface area contributed by atoms with Crippen molar-refractivity contribution in [3.63, 3.8) is 0 Å². The third kappa shape index (κ3) is 2.21. The SMILES string of the molecule is NCCC(O)c1ccccc1Cl. The molecule has 3 N–H and O–H groups in total. The topological polar surface area (TPSA) is 46.2 Å². The second-order valence-electron chi connectivity index (χ2n) is 2.61. The first-order valence-corrected chi connectivity index (χ1v) is 4.26. The van der Waals surface area contributed by atoms with E-state index in [1.807, 2.05) is 18.2 Å². The number of aliphatic hydroxyl groups excluding tert-OH is 1. The van der Waals surface area contributed by atoms with Gasteiger partial charge in [0.2, 0.25) is 0 Å². The Morgan fingerprint density at radius 3 is 2.67 bits per heavy atom. The van der Waals surface area contributed by atoms with E-state index in [1.54, 1.807) is 6.07 Å². The number of nitrogens with two attached hydrogens (primary N) is 1. The average Bonchev–Trinajstić information content (AvgIpc) is 2.05. The minimum Gasteiger partial charge on any atom is -0.388 e. The van der Waals surface area contributed by atoms with E-state index in [9.17, 15) is 5.11 Å². The van der Waals surface area contributed by atoms with Gasteiger partial charge in [-0.15, -0.1) is 0 Å². The second kappa shape index (κ2) is 4.45. The van der Waals surface area contributed by atoms with Crippen LogP contribution < -0.4 is 5.73 Å². The highest BCUT2D eigenvalue weighted by Gasteiger charge is 2.08. The Labute approximate surface area is 77.0 Å². The fraction of sp³-hybridized carbons (Fsp3) is 0.333. The Morgan fingerprint density at radius 2 is 2.08 bits per heavy atom. The molecular formula is C9H12ClNO. The number of aliphatic hydroxyl groups is 1. The smallest absolute Gasteiger partial charge is 0.0816 e. The van der Waals surface area contributed by atoms with Gasteiger partial charge in [-0.2, -0.15) is 0 Å². The van der Waals surface area contributed by atoms with Crippen LogP contribution in [0.4, 0.5) is 0 Å². The number of benzene rings is 1. The Bertz CT molecular complexity index is 252. The number of hydrogen-bond acceptors (Lipinski definition) is 2. The van der Waals surface area contributed by atoms with Crippen molar-refractivity contribution in [2.24, 2.45) is 5.73 Å². The summed E-state index contributed by atoms with van der Waals surface area (Å²) in [6.07, 6.45) is 0.00713. The number of halogens is 1. The van der Waals surface area contributed by atoms with Crippen molar-refractivity contribution in [1.29, 1.82) is 0 Å². The summed E-state index contributed by atoms with van der Waals surface area (Å²) in [4.78, 5) is 0. The van der Waals surface area contributed by atoms with Gasteiger partial charge in [0, 0.05) is 5.02 Å². The maximum Gasteiger partial charge on any atom is 0.0816 e. The predicted molar refractivity (Wildman–Crippen MR) is 50.1 cm³/mol. The zero-order valence-corrected chi connectivity index (χ0v) is 7.46. The molecule has 0 fully saturated rings. The zero-order valence-electron chi connectivity index (χ0n) is 6.70. The lowest BCUT2D eigenvalue weighted by molar-refractivity contribution is 0.170. The van der Waals surface area contributed by atoms with Gasteiger partial charge in [-0.1, -0.05) is 29.8 Å². The van der Waals surface area contributed by atoms with Gasteiger partial charge >= 0.3 is 0 Å². The number of rotatable bonds is 3. The Hall–Kier alpha value is -0.570. The van der Waals surface area contributed by atoms with E-state index in [4.69, 9.17) is 17.3 Å². The lowest BCUT2D eigenvalue weighted by Crippen LogP contribution is -2.06. The summed E-state index contributed by atoms with van der Waals surface area (Å²) < 4.78 is 0. The van der Waals surface area contributed by atoms with Gasteiger partial charge in [0.05, 0.1) is 6.10 Å². The standard InChI is InChI=1S/C9H12ClNO/c10-8-4-2-1-3-7(8)9(12)5-6-11/h1-4,9,12H,5-6,11H2. The first-order chi connectivity index (χ1) is 5.75. The molecule has 0 aliphatic carbocycles. The molecule has 0 amide bonds. The van der Waals surface area contributed by atoms with Crippen LogP contribution in [0.1, 0.15) is 18.1 Å². The lowest BCUT2D eigenvalue weighted by Gasteiger charge is -2.10. The Morgan fingerprint density at radius 1 is 1.42 bits per heavy atom. The van der Waals surface area contributed by atoms with Crippen molar-refractivity contribution in [3.05, 3.63) is 34.9 Å². The molecule has 0 aromatic heterocycles. The summed E-state index contributed by atoms with van der Waals surface area (Å²) in [6.45, 7) is 0.465. The first kappa shape index (κ1) is 9.52. The molecule has 1 atom stereocenters. The summed E-state index contributed by atoms with van der Waals surface area (Å²) in [7, 11) is 0. The maximum atomic E-state index is 9.54. The molecule has 0 aliphatic heterocycles.